The second-order valence-corrected chi connectivity index (χ2v) is 7.35. The van der Waals surface area contributed by atoms with Gasteiger partial charge in [-0.05, 0) is 42.8 Å². The number of hydrogen-bond donors (Lipinski definition) is 3. The largest absolute Gasteiger partial charge is 0.325 e. The molecule has 2 aromatic rings. The molecule has 0 heterocycles. The molecule has 0 saturated heterocycles. The van der Waals surface area contributed by atoms with Gasteiger partial charge in [-0.25, -0.2) is 12.8 Å². The van der Waals surface area contributed by atoms with E-state index in [9.17, 15) is 17.6 Å². The Bertz CT molecular complexity index is 1010. The van der Waals surface area contributed by atoms with Crippen LogP contribution in [0.4, 0.5) is 15.8 Å². The second-order valence-electron chi connectivity index (χ2n) is 5.40. The number of amides is 1. The van der Waals surface area contributed by atoms with E-state index in [4.69, 9.17) is 17.0 Å². The van der Waals surface area contributed by atoms with Gasteiger partial charge in [0, 0.05) is 17.5 Å². The first-order valence-corrected chi connectivity index (χ1v) is 9.78. The molecule has 142 valence electrons. The summed E-state index contributed by atoms with van der Waals surface area (Å²) in [5.41, 5.74) is 1.04. The number of benzene rings is 2. The molecular formula is C18H17ClFN3O3S. The summed E-state index contributed by atoms with van der Waals surface area (Å²) in [7, 11) is -4.05. The summed E-state index contributed by atoms with van der Waals surface area (Å²) in [5.74, 6) is -1.41. The molecule has 0 aromatic heterocycles. The Balaban J connectivity index is 2.29. The van der Waals surface area contributed by atoms with Crippen molar-refractivity contribution in [3.63, 3.8) is 0 Å². The molecule has 3 N–H and O–H groups in total. The number of nitrogens with one attached hydrogen (secondary N) is 3. The van der Waals surface area contributed by atoms with E-state index in [1.807, 2.05) is 0 Å². The van der Waals surface area contributed by atoms with Gasteiger partial charge < -0.3 is 10.7 Å². The fourth-order valence-electron chi connectivity index (χ4n) is 2.28. The normalized spacial score (nSPS) is 11.7. The Morgan fingerprint density at radius 1 is 1.22 bits per heavy atom. The number of sulfonamides is 1. The number of alkyl halides is 1. The molecule has 9 heteroatoms. The van der Waals surface area contributed by atoms with E-state index in [2.05, 4.69) is 10.0 Å². The van der Waals surface area contributed by atoms with Crippen molar-refractivity contribution in [2.75, 3.05) is 15.9 Å². The second kappa shape index (κ2) is 8.79. The van der Waals surface area contributed by atoms with Crippen LogP contribution in [0, 0.1) is 11.2 Å². The van der Waals surface area contributed by atoms with Crippen LogP contribution >= 0.6 is 11.6 Å². The van der Waals surface area contributed by atoms with E-state index in [1.54, 1.807) is 25.1 Å². The molecule has 2 aromatic carbocycles. The van der Waals surface area contributed by atoms with Crippen molar-refractivity contribution < 1.29 is 17.6 Å². The maximum atomic E-state index is 14.3. The van der Waals surface area contributed by atoms with Crippen LogP contribution in [0.5, 0.6) is 0 Å². The Kier molecular flexibility index (Phi) is 6.70. The standard InChI is InChI=1S/C18H17ClFN3O3S/c1-2-12(11-21)16-7-6-15(9-17(16)20)27(25,26)23-14-5-3-4-13(8-14)22-18(24)10-19/h2-9,11,21,23H,10H2,1H3,(H,22,24)/b12-2+,21-11?. The molecule has 0 aliphatic heterocycles. The Labute approximate surface area is 161 Å². The maximum Gasteiger partial charge on any atom is 0.261 e. The number of carbonyl (C=O) groups is 1. The molecule has 0 spiro atoms. The number of allylic oxidation sites excluding steroid dienone is 2. The Hall–Kier alpha value is -2.71. The van der Waals surface area contributed by atoms with E-state index in [0.717, 1.165) is 12.3 Å². The third kappa shape index (κ3) is 5.15. The summed E-state index contributed by atoms with van der Waals surface area (Å²) < 4.78 is 41.7. The van der Waals surface area contributed by atoms with E-state index in [-0.39, 0.29) is 22.0 Å². The molecule has 0 bridgehead atoms. The van der Waals surface area contributed by atoms with Crippen LogP contribution in [0.25, 0.3) is 5.57 Å². The highest BCUT2D eigenvalue weighted by Crippen LogP contribution is 2.23. The van der Waals surface area contributed by atoms with Crippen LogP contribution in [-0.4, -0.2) is 26.4 Å². The first kappa shape index (κ1) is 20.6. The lowest BCUT2D eigenvalue weighted by molar-refractivity contribution is -0.113. The maximum absolute atomic E-state index is 14.3. The van der Waals surface area contributed by atoms with Crippen LogP contribution in [0.2, 0.25) is 0 Å². The minimum absolute atomic E-state index is 0.136. The highest BCUT2D eigenvalue weighted by molar-refractivity contribution is 7.92. The molecule has 0 atom stereocenters. The molecule has 1 amide bonds. The highest BCUT2D eigenvalue weighted by Gasteiger charge is 2.17. The van der Waals surface area contributed by atoms with Crippen LogP contribution in [0.1, 0.15) is 12.5 Å². The zero-order chi connectivity index (χ0) is 20.0. The van der Waals surface area contributed by atoms with E-state index in [0.29, 0.717) is 11.3 Å². The molecule has 0 unspecified atom stereocenters. The molecule has 0 radical (unpaired) electrons. The van der Waals surface area contributed by atoms with Crippen molar-refractivity contribution in [2.24, 2.45) is 0 Å². The summed E-state index contributed by atoms with van der Waals surface area (Å²) in [6.45, 7) is 1.65. The summed E-state index contributed by atoms with van der Waals surface area (Å²) in [4.78, 5) is 11.1. The van der Waals surface area contributed by atoms with Gasteiger partial charge in [0.25, 0.3) is 10.0 Å². The van der Waals surface area contributed by atoms with Gasteiger partial charge in [-0.1, -0.05) is 18.2 Å². The first-order valence-electron chi connectivity index (χ1n) is 7.76. The fraction of sp³-hybridized carbons (Fsp3) is 0.111. The van der Waals surface area contributed by atoms with Gasteiger partial charge >= 0.3 is 0 Å². The number of rotatable bonds is 7. The Morgan fingerprint density at radius 2 is 1.93 bits per heavy atom. The van der Waals surface area contributed by atoms with Crippen molar-refractivity contribution >= 4 is 50.7 Å². The SMILES string of the molecule is C/C=C(\C=N)c1ccc(S(=O)(=O)Nc2cccc(NC(=O)CCl)c2)cc1F. The summed E-state index contributed by atoms with van der Waals surface area (Å²) >= 11 is 5.42. The van der Waals surface area contributed by atoms with Gasteiger partial charge in [-0.2, -0.15) is 0 Å². The van der Waals surface area contributed by atoms with Crippen LogP contribution in [-0.2, 0) is 14.8 Å². The zero-order valence-corrected chi connectivity index (χ0v) is 15.9. The number of carbonyl (C=O) groups excluding carboxylic acids is 1. The topological polar surface area (TPSA) is 99.1 Å². The smallest absolute Gasteiger partial charge is 0.261 e. The van der Waals surface area contributed by atoms with Crippen molar-refractivity contribution in [1.82, 2.24) is 0 Å². The van der Waals surface area contributed by atoms with Gasteiger partial charge in [-0.3, -0.25) is 9.52 Å². The van der Waals surface area contributed by atoms with Crippen LogP contribution < -0.4 is 10.0 Å². The van der Waals surface area contributed by atoms with Crippen LogP contribution in [0.3, 0.4) is 0 Å². The minimum Gasteiger partial charge on any atom is -0.325 e. The van der Waals surface area contributed by atoms with Crippen molar-refractivity contribution in [1.29, 1.82) is 5.41 Å². The zero-order valence-electron chi connectivity index (χ0n) is 14.3. The number of hydrogen-bond acceptors (Lipinski definition) is 4. The van der Waals surface area contributed by atoms with E-state index in [1.165, 1.54) is 24.3 Å². The molecular weight excluding hydrogens is 393 g/mol. The van der Waals surface area contributed by atoms with Crippen molar-refractivity contribution in [2.45, 2.75) is 11.8 Å². The minimum atomic E-state index is -4.05. The predicted octanol–water partition coefficient (Wildman–Crippen LogP) is 3.86. The van der Waals surface area contributed by atoms with Gasteiger partial charge in [0.1, 0.15) is 11.7 Å². The average molecular weight is 410 g/mol. The van der Waals surface area contributed by atoms with E-state index >= 15 is 0 Å². The monoisotopic (exact) mass is 409 g/mol. The van der Waals surface area contributed by atoms with Gasteiger partial charge in [0.15, 0.2) is 0 Å². The molecule has 2 rings (SSSR count). The first-order chi connectivity index (χ1) is 12.8. The Morgan fingerprint density at radius 3 is 2.52 bits per heavy atom. The lowest BCUT2D eigenvalue weighted by atomic mass is 10.1. The molecule has 0 saturated carbocycles. The average Bonchev–Trinajstić information content (AvgIpc) is 2.63. The lowest BCUT2D eigenvalue weighted by Gasteiger charge is -2.11. The fourth-order valence-corrected chi connectivity index (χ4v) is 3.41. The molecule has 27 heavy (non-hydrogen) atoms. The third-order valence-corrected chi connectivity index (χ3v) is 5.17. The predicted molar refractivity (Wildman–Crippen MR) is 105 cm³/mol. The van der Waals surface area contributed by atoms with Crippen molar-refractivity contribution in [3.05, 3.63) is 59.9 Å². The van der Waals surface area contributed by atoms with Gasteiger partial charge in [0.2, 0.25) is 5.91 Å². The number of anilines is 2. The molecule has 0 fully saturated rings. The van der Waals surface area contributed by atoms with Gasteiger partial charge in [0.05, 0.1) is 10.6 Å². The number of halogens is 2. The molecule has 6 nitrogen and oxygen atoms in total. The summed E-state index contributed by atoms with van der Waals surface area (Å²) in [5, 5.41) is 9.78. The van der Waals surface area contributed by atoms with E-state index < -0.39 is 21.7 Å². The lowest BCUT2D eigenvalue weighted by Crippen LogP contribution is -2.15. The van der Waals surface area contributed by atoms with Gasteiger partial charge in [-0.15, -0.1) is 11.6 Å². The highest BCUT2D eigenvalue weighted by atomic mass is 35.5. The third-order valence-electron chi connectivity index (χ3n) is 3.55. The summed E-state index contributed by atoms with van der Waals surface area (Å²) in [6, 6.07) is 9.49. The quantitative estimate of drug-likeness (QED) is 0.478. The molecule has 0 aliphatic carbocycles. The summed E-state index contributed by atoms with van der Waals surface area (Å²) in [6.07, 6.45) is 2.55. The van der Waals surface area contributed by atoms with Crippen molar-refractivity contribution in [3.8, 4) is 0 Å². The van der Waals surface area contributed by atoms with Crippen LogP contribution in [0.15, 0.2) is 53.4 Å². The molecule has 0 aliphatic rings.